The van der Waals surface area contributed by atoms with E-state index in [1.807, 2.05) is 29.7 Å². The van der Waals surface area contributed by atoms with Crippen molar-refractivity contribution in [3.8, 4) is 11.3 Å². The molecule has 17 heteroatoms. The first-order valence-corrected chi connectivity index (χ1v) is 21.8. The van der Waals surface area contributed by atoms with Crippen LogP contribution in [0.2, 0.25) is 5.02 Å². The van der Waals surface area contributed by atoms with Gasteiger partial charge in [0.15, 0.2) is 5.13 Å². The van der Waals surface area contributed by atoms with Gasteiger partial charge in [-0.15, -0.1) is 11.3 Å². The van der Waals surface area contributed by atoms with Crippen LogP contribution in [0.3, 0.4) is 0 Å². The van der Waals surface area contributed by atoms with Gasteiger partial charge in [-0.1, -0.05) is 60.9 Å². The highest BCUT2D eigenvalue weighted by Gasteiger charge is 2.62. The molecule has 1 saturated heterocycles. The minimum atomic E-state index is -3.91. The molecule has 3 aliphatic heterocycles. The highest BCUT2D eigenvalue weighted by Crippen LogP contribution is 2.46. The number of anilines is 1. The predicted octanol–water partition coefficient (Wildman–Crippen LogP) is 5.51. The van der Waals surface area contributed by atoms with Gasteiger partial charge in [0.05, 0.1) is 24.0 Å². The number of fused-ring (bicyclic) bond motifs is 3. The molecule has 0 unspecified atom stereocenters. The van der Waals surface area contributed by atoms with Crippen molar-refractivity contribution in [3.05, 3.63) is 82.0 Å². The van der Waals surface area contributed by atoms with Gasteiger partial charge < -0.3 is 20.3 Å². The molecule has 0 bridgehead atoms. The Kier molecular flexibility index (Phi) is 10.6. The molecule has 5 atom stereocenters. The molecule has 1 aromatic heterocycles. The lowest BCUT2D eigenvalue weighted by Crippen LogP contribution is -2.57. The summed E-state index contributed by atoms with van der Waals surface area (Å²) in [6, 6.07) is 9.97. The van der Waals surface area contributed by atoms with Gasteiger partial charge in [-0.2, -0.15) is 0 Å². The molecular weight excluding hydrogens is 783 g/mol. The minimum Gasteiger partial charge on any atom is -0.444 e. The van der Waals surface area contributed by atoms with Crippen molar-refractivity contribution in [2.75, 3.05) is 11.9 Å². The summed E-state index contributed by atoms with van der Waals surface area (Å²) in [5, 5.41) is 8.50. The maximum Gasteiger partial charge on any atom is 0.410 e. The quantitative estimate of drug-likeness (QED) is 0.261. The zero-order chi connectivity index (χ0) is 39.2. The largest absolute Gasteiger partial charge is 0.444 e. The van der Waals surface area contributed by atoms with Gasteiger partial charge in [0.1, 0.15) is 29.5 Å². The Morgan fingerprint density at radius 1 is 1.05 bits per heavy atom. The van der Waals surface area contributed by atoms with Crippen LogP contribution in [-0.2, 0) is 42.2 Å². The normalized spacial score (nSPS) is 27.2. The van der Waals surface area contributed by atoms with Crippen LogP contribution in [0.4, 0.5) is 14.3 Å². The first kappa shape index (κ1) is 38.3. The summed E-state index contributed by atoms with van der Waals surface area (Å²) in [7, 11) is -3.91. The number of hydrogen-bond donors (Lipinski definition) is 3. The number of rotatable bonds is 7. The van der Waals surface area contributed by atoms with Gasteiger partial charge in [0.2, 0.25) is 21.8 Å². The van der Waals surface area contributed by atoms with Gasteiger partial charge in [-0.3, -0.25) is 24.0 Å². The summed E-state index contributed by atoms with van der Waals surface area (Å²) < 4.78 is 48.3. The highest BCUT2D eigenvalue weighted by molar-refractivity contribution is 7.91. The summed E-state index contributed by atoms with van der Waals surface area (Å²) in [4.78, 5) is 63.7. The number of hydrogen-bond acceptors (Lipinski definition) is 10. The number of nitrogens with zero attached hydrogens (tertiary/aromatic N) is 3. The lowest BCUT2D eigenvalue weighted by atomic mass is 10.1. The summed E-state index contributed by atoms with van der Waals surface area (Å²) in [5.41, 5.74) is 1.11. The fourth-order valence-corrected chi connectivity index (χ4v) is 10.1. The van der Waals surface area contributed by atoms with Crippen molar-refractivity contribution in [2.45, 2.75) is 99.9 Å². The van der Waals surface area contributed by atoms with Crippen LogP contribution in [0.15, 0.2) is 60.0 Å². The first-order valence-electron chi connectivity index (χ1n) is 19.0. The fourth-order valence-electron chi connectivity index (χ4n) is 7.82. The number of thiazole rings is 1. The lowest BCUT2D eigenvalue weighted by molar-refractivity contribution is -0.140. The molecule has 5 aliphatic rings. The Hall–Kier alpha value is -4.54. The Labute approximate surface area is 333 Å². The average Bonchev–Trinajstić information content (AvgIpc) is 3.97. The zero-order valence-corrected chi connectivity index (χ0v) is 32.8. The van der Waals surface area contributed by atoms with Crippen molar-refractivity contribution in [2.24, 2.45) is 5.92 Å². The molecule has 3 N–H and O–H groups in total. The SMILES string of the molecule is O=C1N[C@]2(C(=O)NS(=O)(=O)C3CC3)C[C@H]2/C=C\CCCCC[C@H](Nc2nc(-c3ccc(Cl)cc3)cs2)C(=O)N2C[C@H](OC(=O)N3Cc4cccc(F)c4C3)C[C@@H]12. The molecular formula is C39H42ClFN6O7S2. The molecule has 0 radical (unpaired) electrons. The topological polar surface area (TPSA) is 167 Å². The predicted molar refractivity (Wildman–Crippen MR) is 207 cm³/mol. The summed E-state index contributed by atoms with van der Waals surface area (Å²) in [6.07, 6.45) is 6.70. The van der Waals surface area contributed by atoms with Gasteiger partial charge >= 0.3 is 6.09 Å². The van der Waals surface area contributed by atoms with E-state index < -0.39 is 74.5 Å². The van der Waals surface area contributed by atoms with Gasteiger partial charge in [0.25, 0.3) is 5.91 Å². The summed E-state index contributed by atoms with van der Waals surface area (Å²) in [5.74, 6) is -2.73. The molecule has 4 heterocycles. The number of benzene rings is 2. The monoisotopic (exact) mass is 824 g/mol. The Balaban J connectivity index is 1.06. The van der Waals surface area contributed by atoms with Crippen LogP contribution >= 0.6 is 22.9 Å². The fraction of sp³-hybridized carbons (Fsp3) is 0.462. The van der Waals surface area contributed by atoms with E-state index in [0.717, 1.165) is 18.4 Å². The molecule has 2 aromatic carbocycles. The Morgan fingerprint density at radius 2 is 1.86 bits per heavy atom. The third-order valence-corrected chi connectivity index (χ3v) is 14.1. The van der Waals surface area contributed by atoms with Crippen LogP contribution in [0, 0.1) is 11.7 Å². The molecule has 2 saturated carbocycles. The second-order valence-corrected chi connectivity index (χ2v) is 18.5. The summed E-state index contributed by atoms with van der Waals surface area (Å²) >= 11 is 7.42. The third kappa shape index (κ3) is 8.00. The Morgan fingerprint density at radius 3 is 2.62 bits per heavy atom. The minimum absolute atomic E-state index is 0.0221. The van der Waals surface area contributed by atoms with Crippen molar-refractivity contribution >= 4 is 61.9 Å². The molecule has 56 heavy (non-hydrogen) atoms. The van der Waals surface area contributed by atoms with E-state index in [-0.39, 0.29) is 32.5 Å². The zero-order valence-electron chi connectivity index (χ0n) is 30.4. The van der Waals surface area contributed by atoms with Crippen LogP contribution < -0.4 is 15.4 Å². The maximum absolute atomic E-state index is 14.7. The molecule has 2 aliphatic carbocycles. The Bertz CT molecular complexity index is 2180. The van der Waals surface area contributed by atoms with E-state index in [0.29, 0.717) is 59.1 Å². The standard InChI is InChI=1S/C39H42ClFN6O7S2/c40-26-13-11-23(12-14-26)32-22-55-37(43-32)42-31-10-5-3-1-2-4-8-25-18-39(25,36(50)45-56(52,53)28-15-16-28)44-34(48)33-17-27(20-47(33)35(31)49)54-38(51)46-19-24-7-6-9-30(41)29(24)21-46/h4,6-9,11-14,22,25,27-28,31,33H,1-3,5,10,15-21H2,(H,42,43)(H,44,48)(H,45,50)/b8-4-/t25-,27-,31+,33+,39-/m1/s1. The number of carbonyl (C=O) groups excluding carboxylic acids is 4. The van der Waals surface area contributed by atoms with Crippen LogP contribution in [0.5, 0.6) is 0 Å². The van der Waals surface area contributed by atoms with Crippen molar-refractivity contribution in [1.82, 2.24) is 24.8 Å². The molecule has 4 amide bonds. The molecule has 3 aromatic rings. The van der Waals surface area contributed by atoms with E-state index in [1.165, 1.54) is 27.2 Å². The third-order valence-electron chi connectivity index (χ3n) is 11.2. The number of carbonyl (C=O) groups is 4. The average molecular weight is 825 g/mol. The number of amides is 4. The lowest BCUT2D eigenvalue weighted by Gasteiger charge is -2.29. The molecule has 8 rings (SSSR count). The second kappa shape index (κ2) is 15.4. The smallest absolute Gasteiger partial charge is 0.410 e. The molecule has 0 spiro atoms. The summed E-state index contributed by atoms with van der Waals surface area (Å²) in [6.45, 7) is 0.0655. The number of sulfonamides is 1. The van der Waals surface area contributed by atoms with Crippen molar-refractivity contribution < 1.29 is 36.7 Å². The number of halogens is 2. The van der Waals surface area contributed by atoms with E-state index in [1.54, 1.807) is 24.3 Å². The van der Waals surface area contributed by atoms with Crippen LogP contribution in [-0.4, -0.2) is 82.5 Å². The number of allylic oxidation sites excluding steroid dienone is 1. The van der Waals surface area contributed by atoms with Gasteiger partial charge in [-0.05, 0) is 62.3 Å². The first-order chi connectivity index (χ1) is 26.9. The number of aromatic nitrogens is 1. The second-order valence-electron chi connectivity index (χ2n) is 15.2. The van der Waals surface area contributed by atoms with E-state index >= 15 is 0 Å². The maximum atomic E-state index is 14.7. The highest BCUT2D eigenvalue weighted by atomic mass is 35.5. The van der Waals surface area contributed by atoms with E-state index in [4.69, 9.17) is 21.3 Å². The van der Waals surface area contributed by atoms with Crippen molar-refractivity contribution in [1.29, 1.82) is 0 Å². The van der Waals surface area contributed by atoms with E-state index in [9.17, 15) is 32.0 Å². The van der Waals surface area contributed by atoms with Crippen LogP contribution in [0.1, 0.15) is 68.9 Å². The van der Waals surface area contributed by atoms with Crippen molar-refractivity contribution in [3.63, 3.8) is 0 Å². The van der Waals surface area contributed by atoms with Gasteiger partial charge in [0, 0.05) is 40.4 Å². The van der Waals surface area contributed by atoms with Gasteiger partial charge in [-0.25, -0.2) is 22.6 Å². The number of ether oxygens (including phenoxy) is 1. The number of nitrogens with one attached hydrogen (secondary N) is 3. The van der Waals surface area contributed by atoms with E-state index in [2.05, 4.69) is 15.4 Å². The molecule has 3 fully saturated rings. The molecule has 13 nitrogen and oxygen atoms in total. The van der Waals surface area contributed by atoms with Crippen LogP contribution in [0.25, 0.3) is 11.3 Å². The molecule has 296 valence electrons.